The monoisotopic (exact) mass is 573 g/mol. The Bertz CT molecular complexity index is 1670. The van der Waals surface area contributed by atoms with Crippen molar-refractivity contribution in [2.75, 3.05) is 18.5 Å². The van der Waals surface area contributed by atoms with Gasteiger partial charge < -0.3 is 25.3 Å². The Labute approximate surface area is 241 Å². The van der Waals surface area contributed by atoms with Crippen LogP contribution in [0.3, 0.4) is 0 Å². The van der Waals surface area contributed by atoms with Crippen molar-refractivity contribution < 1.29 is 23.8 Å². The van der Waals surface area contributed by atoms with Gasteiger partial charge in [-0.2, -0.15) is 5.10 Å². The molecule has 0 bridgehead atoms. The number of anilines is 1. The predicted molar refractivity (Wildman–Crippen MR) is 153 cm³/mol. The van der Waals surface area contributed by atoms with E-state index in [4.69, 9.17) is 31.5 Å². The number of nitrogens with two attached hydrogens (primary N) is 1. The van der Waals surface area contributed by atoms with E-state index in [1.54, 1.807) is 10.7 Å². The van der Waals surface area contributed by atoms with Gasteiger partial charge in [-0.3, -0.25) is 14.6 Å². The number of nitrogens with one attached hydrogen (secondary N) is 1. The van der Waals surface area contributed by atoms with Crippen molar-refractivity contribution in [3.05, 3.63) is 88.3 Å². The lowest BCUT2D eigenvalue weighted by molar-refractivity contribution is -0.141. The van der Waals surface area contributed by atoms with Gasteiger partial charge in [-0.1, -0.05) is 23.7 Å². The van der Waals surface area contributed by atoms with Crippen molar-refractivity contribution in [2.24, 2.45) is 5.73 Å². The van der Waals surface area contributed by atoms with Gasteiger partial charge in [0.25, 0.3) is 11.8 Å². The van der Waals surface area contributed by atoms with Crippen LogP contribution in [-0.2, 0) is 22.3 Å². The largest absolute Gasteiger partial charge is 0.491 e. The lowest BCUT2D eigenvalue weighted by Gasteiger charge is -2.20. The Kier molecular flexibility index (Phi) is 6.98. The van der Waals surface area contributed by atoms with Crippen LogP contribution in [0.5, 0.6) is 5.75 Å². The fourth-order valence-electron chi connectivity index (χ4n) is 5.20. The summed E-state index contributed by atoms with van der Waals surface area (Å²) in [5, 5.41) is 7.81. The number of nitrogens with zero attached hydrogens (tertiary/aromatic N) is 3. The van der Waals surface area contributed by atoms with Gasteiger partial charge in [0.1, 0.15) is 18.5 Å². The number of amides is 2. The van der Waals surface area contributed by atoms with E-state index >= 15 is 0 Å². The van der Waals surface area contributed by atoms with E-state index in [1.807, 2.05) is 56.3 Å². The maximum Gasteiger partial charge on any atom is 0.269 e. The summed E-state index contributed by atoms with van der Waals surface area (Å²) in [6, 6.07) is 14.7. The van der Waals surface area contributed by atoms with Crippen LogP contribution in [0.4, 0.5) is 5.69 Å². The third-order valence-corrected chi connectivity index (χ3v) is 7.37. The van der Waals surface area contributed by atoms with E-state index in [9.17, 15) is 9.59 Å². The fraction of sp³-hybridized carbons (Fsp3) is 0.267. The number of fused-ring (bicyclic) bond motifs is 3. The van der Waals surface area contributed by atoms with Crippen molar-refractivity contribution in [2.45, 2.75) is 38.6 Å². The van der Waals surface area contributed by atoms with Crippen molar-refractivity contribution in [1.29, 1.82) is 0 Å². The molecule has 41 heavy (non-hydrogen) atoms. The quantitative estimate of drug-likeness (QED) is 0.331. The number of hydrogen-bond donors (Lipinski definition) is 2. The predicted octanol–water partition coefficient (Wildman–Crippen LogP) is 4.57. The maximum absolute atomic E-state index is 12.9. The Hall–Kier alpha value is -4.25. The molecule has 1 unspecified atom stereocenters. The summed E-state index contributed by atoms with van der Waals surface area (Å²) in [4.78, 5) is 29.3. The first-order valence-electron chi connectivity index (χ1n) is 13.2. The molecule has 6 rings (SSSR count). The molecule has 2 amide bonds. The highest BCUT2D eigenvalue weighted by atomic mass is 35.5. The number of carbonyl (C=O) groups excluding carboxylic acids is 2. The Morgan fingerprint density at radius 3 is 2.80 bits per heavy atom. The Morgan fingerprint density at radius 2 is 2.05 bits per heavy atom. The van der Waals surface area contributed by atoms with Crippen LogP contribution >= 0.6 is 11.6 Å². The molecule has 2 aliphatic rings. The number of rotatable bonds is 7. The molecule has 3 heterocycles. The summed E-state index contributed by atoms with van der Waals surface area (Å²) < 4.78 is 19.2. The minimum absolute atomic E-state index is 0.185. The molecule has 11 heteroatoms. The Morgan fingerprint density at radius 1 is 1.20 bits per heavy atom. The lowest BCUT2D eigenvalue weighted by atomic mass is 9.88. The van der Waals surface area contributed by atoms with Crippen LogP contribution in [0.1, 0.15) is 45.8 Å². The molecule has 3 N–H and O–H groups in total. The molecule has 0 spiro atoms. The number of aryl methyl sites for hydroxylation is 1. The summed E-state index contributed by atoms with van der Waals surface area (Å²) >= 11 is 6.17. The van der Waals surface area contributed by atoms with Crippen molar-refractivity contribution in [3.8, 4) is 22.7 Å². The maximum atomic E-state index is 12.9. The number of ether oxygens (including phenoxy) is 3. The summed E-state index contributed by atoms with van der Waals surface area (Å²) in [7, 11) is 0. The zero-order valence-corrected chi connectivity index (χ0v) is 23.3. The lowest BCUT2D eigenvalue weighted by Crippen LogP contribution is -2.25. The first kappa shape index (κ1) is 26.9. The molecule has 1 aliphatic carbocycles. The minimum Gasteiger partial charge on any atom is -0.491 e. The standard InChI is InChI=1S/C30H28ClN5O5/c1-30(2)40-16-21(41-30)15-39-20-5-3-4-19(13-20)36-27-23(26(35-36)28(32)37)9-7-17-6-8-18(12-24(17)27)34-29(38)22-10-11-33-14-25(22)31/h3-6,8,10-14,21H,7,9,15-16H2,1-2H3,(H2,32,37)(H,34,38). The molecule has 2 aromatic carbocycles. The minimum atomic E-state index is -0.633. The second-order valence-electron chi connectivity index (χ2n) is 10.4. The van der Waals surface area contributed by atoms with Crippen LogP contribution in [0.15, 0.2) is 60.9 Å². The number of benzene rings is 2. The number of aromatic nitrogens is 3. The highest BCUT2D eigenvalue weighted by Gasteiger charge is 2.33. The average Bonchev–Trinajstić information content (AvgIpc) is 3.52. The van der Waals surface area contributed by atoms with Gasteiger partial charge in [-0.05, 0) is 62.6 Å². The second-order valence-corrected chi connectivity index (χ2v) is 10.8. The van der Waals surface area contributed by atoms with Gasteiger partial charge in [-0.15, -0.1) is 0 Å². The number of primary amides is 1. The summed E-state index contributed by atoms with van der Waals surface area (Å²) in [6.45, 7) is 4.51. The van der Waals surface area contributed by atoms with Gasteiger partial charge >= 0.3 is 0 Å². The van der Waals surface area contributed by atoms with Gasteiger partial charge in [-0.25, -0.2) is 4.68 Å². The second kappa shape index (κ2) is 10.6. The normalized spacial score (nSPS) is 17.0. The van der Waals surface area contributed by atoms with E-state index in [0.717, 1.165) is 22.4 Å². The highest BCUT2D eigenvalue weighted by molar-refractivity contribution is 6.34. The first-order chi connectivity index (χ1) is 19.7. The number of hydrogen-bond acceptors (Lipinski definition) is 7. The van der Waals surface area contributed by atoms with E-state index in [1.165, 1.54) is 12.4 Å². The van der Waals surface area contributed by atoms with Crippen LogP contribution in [0, 0.1) is 0 Å². The average molecular weight is 574 g/mol. The topological polar surface area (TPSA) is 131 Å². The third kappa shape index (κ3) is 5.41. The van der Waals surface area contributed by atoms with E-state index in [0.29, 0.717) is 48.7 Å². The Balaban J connectivity index is 1.34. The van der Waals surface area contributed by atoms with E-state index < -0.39 is 11.7 Å². The fourth-order valence-corrected chi connectivity index (χ4v) is 5.40. The molecule has 2 aromatic heterocycles. The number of pyridine rings is 1. The molecule has 1 atom stereocenters. The molecular weight excluding hydrogens is 546 g/mol. The van der Waals surface area contributed by atoms with E-state index in [-0.39, 0.29) is 22.7 Å². The zero-order valence-electron chi connectivity index (χ0n) is 22.5. The van der Waals surface area contributed by atoms with Gasteiger partial charge in [0.2, 0.25) is 0 Å². The van der Waals surface area contributed by atoms with Crippen molar-refractivity contribution in [1.82, 2.24) is 14.8 Å². The molecule has 1 fully saturated rings. The van der Waals surface area contributed by atoms with Crippen LogP contribution in [0.25, 0.3) is 16.9 Å². The number of carbonyl (C=O) groups is 2. The van der Waals surface area contributed by atoms with Crippen molar-refractivity contribution >= 4 is 29.1 Å². The van der Waals surface area contributed by atoms with Crippen LogP contribution in [0.2, 0.25) is 5.02 Å². The molecular formula is C30H28ClN5O5. The summed E-state index contributed by atoms with van der Waals surface area (Å²) in [6.07, 6.45) is 4.05. The smallest absolute Gasteiger partial charge is 0.269 e. The summed E-state index contributed by atoms with van der Waals surface area (Å²) in [5.41, 5.74) is 11.0. The number of halogens is 1. The summed E-state index contributed by atoms with van der Waals surface area (Å²) in [5.74, 6) is -0.976. The molecule has 10 nitrogen and oxygen atoms in total. The molecule has 1 saturated heterocycles. The van der Waals surface area contributed by atoms with Crippen LogP contribution < -0.4 is 15.8 Å². The van der Waals surface area contributed by atoms with E-state index in [2.05, 4.69) is 15.4 Å². The van der Waals surface area contributed by atoms with Crippen LogP contribution in [-0.4, -0.2) is 51.7 Å². The third-order valence-electron chi connectivity index (χ3n) is 7.07. The highest BCUT2D eigenvalue weighted by Crippen LogP contribution is 2.39. The molecule has 210 valence electrons. The van der Waals surface area contributed by atoms with Gasteiger partial charge in [0, 0.05) is 35.3 Å². The molecule has 4 aromatic rings. The molecule has 0 radical (unpaired) electrons. The SMILES string of the molecule is CC1(C)OCC(COc2cccc(-n3nc(C(N)=O)c4c3-c3cc(NC(=O)c5ccncc5Cl)ccc3CC4)c2)O1. The van der Waals surface area contributed by atoms with Crippen molar-refractivity contribution in [3.63, 3.8) is 0 Å². The van der Waals surface area contributed by atoms with Gasteiger partial charge in [0.05, 0.1) is 28.6 Å². The zero-order chi connectivity index (χ0) is 28.7. The molecule has 0 saturated carbocycles. The first-order valence-corrected chi connectivity index (χ1v) is 13.6. The van der Waals surface area contributed by atoms with Gasteiger partial charge in [0.15, 0.2) is 11.5 Å². The molecule has 1 aliphatic heterocycles.